The van der Waals surface area contributed by atoms with Gasteiger partial charge in [0.15, 0.2) is 0 Å². The lowest BCUT2D eigenvalue weighted by Crippen LogP contribution is -2.06. The molecule has 0 spiro atoms. The lowest BCUT2D eigenvalue weighted by Gasteiger charge is -2.15. The highest BCUT2D eigenvalue weighted by Crippen LogP contribution is 2.19. The molecule has 1 nitrogen and oxygen atoms in total. The monoisotopic (exact) mass is 284 g/mol. The van der Waals surface area contributed by atoms with Crippen LogP contribution in [0.3, 0.4) is 0 Å². The predicted octanol–water partition coefficient (Wildman–Crippen LogP) is 4.72. The first-order valence-electron chi connectivity index (χ1n) is 6.11. The zero-order chi connectivity index (χ0) is 11.6. The molecule has 0 bridgehead atoms. The Bertz CT molecular complexity index is 261. The first-order chi connectivity index (χ1) is 7.88. The summed E-state index contributed by atoms with van der Waals surface area (Å²) in [5.74, 6) is 0. The maximum absolute atomic E-state index is 5.88. The van der Waals surface area contributed by atoms with Gasteiger partial charge >= 0.3 is 0 Å². The SMILES string of the molecule is CCCCCCOC(CBr)c1ccccc1. The first kappa shape index (κ1) is 13.7. The van der Waals surface area contributed by atoms with Gasteiger partial charge in [-0.25, -0.2) is 0 Å². The Morgan fingerprint density at radius 3 is 2.50 bits per heavy atom. The lowest BCUT2D eigenvalue weighted by atomic mass is 10.1. The minimum absolute atomic E-state index is 0.197. The maximum Gasteiger partial charge on any atom is 0.0921 e. The number of rotatable bonds is 8. The van der Waals surface area contributed by atoms with E-state index < -0.39 is 0 Å². The molecule has 1 rings (SSSR count). The van der Waals surface area contributed by atoms with Gasteiger partial charge in [-0.2, -0.15) is 0 Å². The van der Waals surface area contributed by atoms with Gasteiger partial charge in [0, 0.05) is 11.9 Å². The molecule has 1 unspecified atom stereocenters. The fourth-order valence-corrected chi connectivity index (χ4v) is 2.21. The second kappa shape index (κ2) is 8.77. The maximum atomic E-state index is 5.88. The van der Waals surface area contributed by atoms with Gasteiger partial charge < -0.3 is 4.74 Å². The molecule has 0 heterocycles. The van der Waals surface area contributed by atoms with E-state index in [0.717, 1.165) is 11.9 Å². The fourth-order valence-electron chi connectivity index (χ4n) is 1.65. The minimum Gasteiger partial charge on any atom is -0.373 e. The third kappa shape index (κ3) is 5.13. The van der Waals surface area contributed by atoms with E-state index in [-0.39, 0.29) is 6.10 Å². The quantitative estimate of drug-likeness (QED) is 0.496. The van der Waals surface area contributed by atoms with Crippen LogP contribution >= 0.6 is 15.9 Å². The van der Waals surface area contributed by atoms with E-state index in [0.29, 0.717) is 0 Å². The molecule has 0 fully saturated rings. The van der Waals surface area contributed by atoms with Crippen molar-refractivity contribution in [2.45, 2.75) is 38.7 Å². The summed E-state index contributed by atoms with van der Waals surface area (Å²) in [7, 11) is 0. The van der Waals surface area contributed by atoms with Gasteiger partial charge in [0.05, 0.1) is 6.10 Å². The van der Waals surface area contributed by atoms with Crippen molar-refractivity contribution in [1.82, 2.24) is 0 Å². The Labute approximate surface area is 107 Å². The van der Waals surface area contributed by atoms with Crippen molar-refractivity contribution in [2.24, 2.45) is 0 Å². The number of ether oxygens (including phenoxy) is 1. The number of hydrogen-bond donors (Lipinski definition) is 0. The Morgan fingerprint density at radius 1 is 1.12 bits per heavy atom. The lowest BCUT2D eigenvalue weighted by molar-refractivity contribution is 0.0668. The molecule has 1 aromatic carbocycles. The highest BCUT2D eigenvalue weighted by molar-refractivity contribution is 9.09. The molecule has 0 aliphatic rings. The van der Waals surface area contributed by atoms with Crippen molar-refractivity contribution < 1.29 is 4.74 Å². The number of hydrogen-bond acceptors (Lipinski definition) is 1. The molecule has 0 radical (unpaired) electrons. The standard InChI is InChI=1S/C14H21BrO/c1-2-3-4-8-11-16-14(12-15)13-9-6-5-7-10-13/h5-7,9-10,14H,2-4,8,11-12H2,1H3. The molecule has 0 saturated carbocycles. The van der Waals surface area contributed by atoms with Crippen LogP contribution in [0, 0.1) is 0 Å². The zero-order valence-corrected chi connectivity index (χ0v) is 11.6. The van der Waals surface area contributed by atoms with Crippen LogP contribution in [0.25, 0.3) is 0 Å². The molecule has 0 amide bonds. The number of alkyl halides is 1. The molecule has 90 valence electrons. The van der Waals surface area contributed by atoms with E-state index in [9.17, 15) is 0 Å². The van der Waals surface area contributed by atoms with Crippen molar-refractivity contribution in [2.75, 3.05) is 11.9 Å². The van der Waals surface area contributed by atoms with E-state index in [1.807, 2.05) is 6.07 Å². The van der Waals surface area contributed by atoms with E-state index in [1.165, 1.54) is 31.2 Å². The second-order valence-corrected chi connectivity index (χ2v) is 4.63. The molecule has 0 N–H and O–H groups in total. The van der Waals surface area contributed by atoms with Gasteiger partial charge in [0.2, 0.25) is 0 Å². The Balaban J connectivity index is 2.27. The Kier molecular flexibility index (Phi) is 7.52. The van der Waals surface area contributed by atoms with Crippen LogP contribution in [-0.2, 0) is 4.74 Å². The van der Waals surface area contributed by atoms with E-state index in [4.69, 9.17) is 4.74 Å². The molecule has 2 heteroatoms. The van der Waals surface area contributed by atoms with Crippen LogP contribution in [0.4, 0.5) is 0 Å². The normalized spacial score (nSPS) is 12.6. The minimum atomic E-state index is 0.197. The average Bonchev–Trinajstić information content (AvgIpc) is 2.35. The summed E-state index contributed by atoms with van der Waals surface area (Å²) in [5, 5.41) is 0.866. The van der Waals surface area contributed by atoms with Crippen LogP contribution in [0.2, 0.25) is 0 Å². The number of halogens is 1. The average molecular weight is 285 g/mol. The molecule has 0 aliphatic heterocycles. The highest BCUT2D eigenvalue weighted by atomic mass is 79.9. The van der Waals surface area contributed by atoms with Crippen molar-refractivity contribution in [1.29, 1.82) is 0 Å². The number of benzene rings is 1. The molecule has 0 saturated heterocycles. The topological polar surface area (TPSA) is 9.23 Å². The summed E-state index contributed by atoms with van der Waals surface area (Å²) in [6.45, 7) is 3.09. The summed E-state index contributed by atoms with van der Waals surface area (Å²) in [4.78, 5) is 0. The molecule has 1 atom stereocenters. The summed E-state index contributed by atoms with van der Waals surface area (Å²) < 4.78 is 5.88. The molecule has 1 aromatic rings. The highest BCUT2D eigenvalue weighted by Gasteiger charge is 2.08. The van der Waals surface area contributed by atoms with Crippen LogP contribution in [0.5, 0.6) is 0 Å². The largest absolute Gasteiger partial charge is 0.373 e. The molecular formula is C14H21BrO. The van der Waals surface area contributed by atoms with Gasteiger partial charge in [0.1, 0.15) is 0 Å². The van der Waals surface area contributed by atoms with Crippen LogP contribution in [0.15, 0.2) is 30.3 Å². The van der Waals surface area contributed by atoms with Crippen molar-refractivity contribution in [3.63, 3.8) is 0 Å². The van der Waals surface area contributed by atoms with Gasteiger partial charge in [-0.15, -0.1) is 0 Å². The third-order valence-electron chi connectivity index (χ3n) is 2.63. The molecule has 0 aliphatic carbocycles. The van der Waals surface area contributed by atoms with Gasteiger partial charge in [-0.05, 0) is 12.0 Å². The van der Waals surface area contributed by atoms with Gasteiger partial charge in [-0.3, -0.25) is 0 Å². The fraction of sp³-hybridized carbons (Fsp3) is 0.571. The zero-order valence-electron chi connectivity index (χ0n) is 9.99. The molecule has 0 aromatic heterocycles. The van der Waals surface area contributed by atoms with Crippen LogP contribution in [0.1, 0.15) is 44.3 Å². The number of unbranched alkanes of at least 4 members (excludes halogenated alkanes) is 3. The van der Waals surface area contributed by atoms with Crippen molar-refractivity contribution >= 4 is 15.9 Å². The predicted molar refractivity (Wildman–Crippen MR) is 73.1 cm³/mol. The molecule has 16 heavy (non-hydrogen) atoms. The summed E-state index contributed by atoms with van der Waals surface area (Å²) in [6.07, 6.45) is 5.24. The van der Waals surface area contributed by atoms with Crippen LogP contribution < -0.4 is 0 Å². The third-order valence-corrected chi connectivity index (χ3v) is 3.22. The van der Waals surface area contributed by atoms with Crippen molar-refractivity contribution in [3.8, 4) is 0 Å². The second-order valence-electron chi connectivity index (χ2n) is 3.99. The molecular weight excluding hydrogens is 264 g/mol. The van der Waals surface area contributed by atoms with Crippen molar-refractivity contribution in [3.05, 3.63) is 35.9 Å². The first-order valence-corrected chi connectivity index (χ1v) is 7.23. The van der Waals surface area contributed by atoms with E-state index >= 15 is 0 Å². The van der Waals surface area contributed by atoms with Crippen LogP contribution in [-0.4, -0.2) is 11.9 Å². The van der Waals surface area contributed by atoms with Gasteiger partial charge in [-0.1, -0.05) is 72.4 Å². The Morgan fingerprint density at radius 2 is 1.88 bits per heavy atom. The van der Waals surface area contributed by atoms with Gasteiger partial charge in [0.25, 0.3) is 0 Å². The van der Waals surface area contributed by atoms with E-state index in [2.05, 4.69) is 47.1 Å². The van der Waals surface area contributed by atoms with E-state index in [1.54, 1.807) is 0 Å². The summed E-state index contributed by atoms with van der Waals surface area (Å²) >= 11 is 3.51. The smallest absolute Gasteiger partial charge is 0.0921 e. The Hall–Kier alpha value is -0.340. The summed E-state index contributed by atoms with van der Waals surface area (Å²) in [5.41, 5.74) is 1.26. The summed E-state index contributed by atoms with van der Waals surface area (Å²) in [6, 6.07) is 10.4.